The Balaban J connectivity index is 1.98. The van der Waals surface area contributed by atoms with E-state index >= 15 is 0 Å². The van der Waals surface area contributed by atoms with Crippen LogP contribution in [0, 0.1) is 6.92 Å². The quantitative estimate of drug-likeness (QED) is 0.735. The third-order valence-electron chi connectivity index (χ3n) is 4.06. The SMILES string of the molecule is CCCc1ccc(C(=O)NCC(OCCO)c2ccc(C)cc2)cc1. The van der Waals surface area contributed by atoms with E-state index in [9.17, 15) is 4.79 Å². The van der Waals surface area contributed by atoms with Crippen molar-refractivity contribution >= 4 is 5.91 Å². The number of ether oxygens (including phenoxy) is 1. The molecule has 134 valence electrons. The Morgan fingerprint density at radius 1 is 1.12 bits per heavy atom. The molecule has 0 aromatic heterocycles. The highest BCUT2D eigenvalue weighted by Gasteiger charge is 2.14. The van der Waals surface area contributed by atoms with Crippen molar-refractivity contribution in [1.29, 1.82) is 0 Å². The molecule has 2 rings (SSSR count). The lowest BCUT2D eigenvalue weighted by molar-refractivity contribution is 0.0277. The maximum absolute atomic E-state index is 12.4. The fraction of sp³-hybridized carbons (Fsp3) is 0.381. The van der Waals surface area contributed by atoms with Crippen LogP contribution in [0.5, 0.6) is 0 Å². The van der Waals surface area contributed by atoms with Crippen LogP contribution in [-0.4, -0.2) is 30.8 Å². The molecule has 2 aromatic carbocycles. The molecule has 0 saturated carbocycles. The number of carbonyl (C=O) groups is 1. The first-order chi connectivity index (χ1) is 12.1. The average molecular weight is 341 g/mol. The largest absolute Gasteiger partial charge is 0.394 e. The van der Waals surface area contributed by atoms with Crippen LogP contribution in [0.15, 0.2) is 48.5 Å². The Labute approximate surface area is 149 Å². The van der Waals surface area contributed by atoms with E-state index in [1.54, 1.807) is 0 Å². The van der Waals surface area contributed by atoms with Gasteiger partial charge in [-0.2, -0.15) is 0 Å². The second kappa shape index (κ2) is 9.97. The highest BCUT2D eigenvalue weighted by atomic mass is 16.5. The third kappa shape index (κ3) is 6.00. The van der Waals surface area contributed by atoms with E-state index in [1.165, 1.54) is 11.1 Å². The molecule has 0 saturated heterocycles. The summed E-state index contributed by atoms with van der Waals surface area (Å²) < 4.78 is 5.69. The Morgan fingerprint density at radius 2 is 1.80 bits per heavy atom. The summed E-state index contributed by atoms with van der Waals surface area (Å²) in [6, 6.07) is 15.7. The zero-order chi connectivity index (χ0) is 18.1. The summed E-state index contributed by atoms with van der Waals surface area (Å²) in [5, 5.41) is 11.9. The second-order valence-corrected chi connectivity index (χ2v) is 6.15. The highest BCUT2D eigenvalue weighted by molar-refractivity contribution is 5.94. The summed E-state index contributed by atoms with van der Waals surface area (Å²) in [6.07, 6.45) is 1.83. The van der Waals surface area contributed by atoms with Gasteiger partial charge in [-0.05, 0) is 36.6 Å². The van der Waals surface area contributed by atoms with Crippen LogP contribution < -0.4 is 5.32 Å². The van der Waals surface area contributed by atoms with Crippen molar-refractivity contribution in [2.75, 3.05) is 19.8 Å². The summed E-state index contributed by atoms with van der Waals surface area (Å²) in [5.41, 5.74) is 4.03. The monoisotopic (exact) mass is 341 g/mol. The first kappa shape index (κ1) is 19.2. The van der Waals surface area contributed by atoms with Crippen LogP contribution in [0.4, 0.5) is 0 Å². The Bertz CT molecular complexity index is 650. The van der Waals surface area contributed by atoms with Crippen LogP contribution >= 0.6 is 0 Å². The minimum absolute atomic E-state index is 0.0464. The van der Waals surface area contributed by atoms with Crippen molar-refractivity contribution in [2.45, 2.75) is 32.8 Å². The second-order valence-electron chi connectivity index (χ2n) is 6.15. The number of aliphatic hydroxyl groups is 1. The molecule has 2 aromatic rings. The normalized spacial score (nSPS) is 12.0. The van der Waals surface area contributed by atoms with Gasteiger partial charge in [-0.15, -0.1) is 0 Å². The molecule has 2 N–H and O–H groups in total. The summed E-state index contributed by atoms with van der Waals surface area (Å²) >= 11 is 0. The number of hydrogen-bond acceptors (Lipinski definition) is 3. The minimum atomic E-state index is -0.281. The predicted octanol–water partition coefficient (Wildman–Crippen LogP) is 3.43. The van der Waals surface area contributed by atoms with Crippen molar-refractivity contribution < 1.29 is 14.6 Å². The zero-order valence-corrected chi connectivity index (χ0v) is 15.0. The van der Waals surface area contributed by atoms with Gasteiger partial charge in [0.05, 0.1) is 19.3 Å². The number of carbonyl (C=O) groups excluding carboxylic acids is 1. The first-order valence-corrected chi connectivity index (χ1v) is 8.80. The third-order valence-corrected chi connectivity index (χ3v) is 4.06. The lowest BCUT2D eigenvalue weighted by atomic mass is 10.1. The molecule has 0 aliphatic rings. The van der Waals surface area contributed by atoms with Gasteiger partial charge in [0, 0.05) is 12.1 Å². The van der Waals surface area contributed by atoms with Crippen molar-refractivity contribution in [3.8, 4) is 0 Å². The maximum Gasteiger partial charge on any atom is 0.251 e. The predicted molar refractivity (Wildman–Crippen MR) is 99.7 cm³/mol. The fourth-order valence-electron chi connectivity index (χ4n) is 2.65. The number of rotatable bonds is 9. The topological polar surface area (TPSA) is 58.6 Å². The lowest BCUT2D eigenvalue weighted by Gasteiger charge is -2.19. The minimum Gasteiger partial charge on any atom is -0.394 e. The molecule has 4 nitrogen and oxygen atoms in total. The van der Waals surface area contributed by atoms with E-state index in [0.717, 1.165) is 18.4 Å². The molecule has 0 aliphatic carbocycles. The number of nitrogens with one attached hydrogen (secondary N) is 1. The van der Waals surface area contributed by atoms with Gasteiger partial charge in [0.25, 0.3) is 5.91 Å². The van der Waals surface area contributed by atoms with Crippen LogP contribution in [-0.2, 0) is 11.2 Å². The van der Waals surface area contributed by atoms with Crippen LogP contribution in [0.3, 0.4) is 0 Å². The van der Waals surface area contributed by atoms with E-state index in [4.69, 9.17) is 9.84 Å². The smallest absolute Gasteiger partial charge is 0.251 e. The molecular weight excluding hydrogens is 314 g/mol. The van der Waals surface area contributed by atoms with Crippen LogP contribution in [0.1, 0.15) is 46.5 Å². The molecule has 0 bridgehead atoms. The average Bonchev–Trinajstić information content (AvgIpc) is 2.63. The standard InChI is InChI=1S/C21H27NO3/c1-3-4-17-7-11-19(12-8-17)21(24)22-15-20(25-14-13-23)18-9-5-16(2)6-10-18/h5-12,20,23H,3-4,13-15H2,1-2H3,(H,22,24). The van der Waals surface area contributed by atoms with E-state index in [0.29, 0.717) is 12.1 Å². The first-order valence-electron chi connectivity index (χ1n) is 8.80. The van der Waals surface area contributed by atoms with E-state index in [2.05, 4.69) is 12.2 Å². The highest BCUT2D eigenvalue weighted by Crippen LogP contribution is 2.17. The molecule has 0 heterocycles. The van der Waals surface area contributed by atoms with Gasteiger partial charge in [0.1, 0.15) is 0 Å². The van der Waals surface area contributed by atoms with Crippen molar-refractivity contribution in [1.82, 2.24) is 5.32 Å². The van der Waals surface area contributed by atoms with Crippen molar-refractivity contribution in [3.63, 3.8) is 0 Å². The molecule has 1 unspecified atom stereocenters. The number of hydrogen-bond donors (Lipinski definition) is 2. The van der Waals surface area contributed by atoms with Gasteiger partial charge in [-0.25, -0.2) is 0 Å². The Hall–Kier alpha value is -2.17. The van der Waals surface area contributed by atoms with Gasteiger partial charge in [-0.3, -0.25) is 4.79 Å². The maximum atomic E-state index is 12.4. The van der Waals surface area contributed by atoms with E-state index in [-0.39, 0.29) is 25.2 Å². The van der Waals surface area contributed by atoms with Gasteiger partial charge < -0.3 is 15.2 Å². The molecule has 0 fully saturated rings. The fourth-order valence-corrected chi connectivity index (χ4v) is 2.65. The Kier molecular flexibility index (Phi) is 7.64. The van der Waals surface area contributed by atoms with Crippen LogP contribution in [0.25, 0.3) is 0 Å². The van der Waals surface area contributed by atoms with Gasteiger partial charge in [-0.1, -0.05) is 55.3 Å². The van der Waals surface area contributed by atoms with Crippen LogP contribution in [0.2, 0.25) is 0 Å². The van der Waals surface area contributed by atoms with E-state index < -0.39 is 0 Å². The molecule has 0 aliphatic heterocycles. The number of aryl methyl sites for hydroxylation is 2. The molecule has 1 atom stereocenters. The molecular formula is C21H27NO3. The number of amides is 1. The number of aliphatic hydroxyl groups excluding tert-OH is 1. The molecule has 1 amide bonds. The van der Waals surface area contributed by atoms with Gasteiger partial charge >= 0.3 is 0 Å². The van der Waals surface area contributed by atoms with Crippen molar-refractivity contribution in [2.24, 2.45) is 0 Å². The molecule has 4 heteroatoms. The molecule has 0 radical (unpaired) electrons. The summed E-state index contributed by atoms with van der Waals surface area (Å²) in [6.45, 7) is 4.71. The molecule has 0 spiro atoms. The van der Waals surface area contributed by atoms with E-state index in [1.807, 2.05) is 55.5 Å². The lowest BCUT2D eigenvalue weighted by Crippen LogP contribution is -2.30. The summed E-state index contributed by atoms with van der Waals surface area (Å²) in [7, 11) is 0. The van der Waals surface area contributed by atoms with Gasteiger partial charge in [0.15, 0.2) is 0 Å². The number of benzene rings is 2. The van der Waals surface area contributed by atoms with Crippen molar-refractivity contribution in [3.05, 3.63) is 70.8 Å². The summed E-state index contributed by atoms with van der Waals surface area (Å²) in [4.78, 5) is 12.4. The zero-order valence-electron chi connectivity index (χ0n) is 15.0. The van der Waals surface area contributed by atoms with Gasteiger partial charge in [0.2, 0.25) is 0 Å². The summed E-state index contributed by atoms with van der Waals surface area (Å²) in [5.74, 6) is -0.118. The molecule has 25 heavy (non-hydrogen) atoms. The Morgan fingerprint density at radius 3 is 2.40 bits per heavy atom.